The first-order valence-corrected chi connectivity index (χ1v) is 11.8. The average Bonchev–Trinajstić information content (AvgIpc) is 2.80. The molecule has 0 aromatic heterocycles. The first kappa shape index (κ1) is 23.8. The zero-order chi connectivity index (χ0) is 25.2. The Morgan fingerprint density at radius 3 is 2.56 bits per heavy atom. The molecule has 1 aliphatic heterocycles. The number of carboxylic acids is 1. The molecule has 2 atom stereocenters. The van der Waals surface area contributed by atoms with Crippen LogP contribution < -0.4 is 4.74 Å². The van der Waals surface area contributed by atoms with Crippen LogP contribution in [0.5, 0.6) is 5.75 Å². The molecular formula is C28H33NO5. The van der Waals surface area contributed by atoms with Crippen molar-refractivity contribution in [2.45, 2.75) is 64.6 Å². The van der Waals surface area contributed by atoms with Gasteiger partial charge in [0.1, 0.15) is 11.9 Å². The molecule has 1 amide bonds. The van der Waals surface area contributed by atoms with Crippen LogP contribution in [0, 0.1) is 11.8 Å². The number of carbonyl (C=O) groups is 2. The lowest BCUT2D eigenvalue weighted by atomic mass is 10.1. The summed E-state index contributed by atoms with van der Waals surface area (Å²) in [5.41, 5.74) is 1.93. The lowest BCUT2D eigenvalue weighted by molar-refractivity contribution is -0.137. The molecule has 2 aromatic rings. The number of hydrogen-bond donors (Lipinski definition) is 1. The second-order valence-corrected chi connectivity index (χ2v) is 8.52. The van der Waals surface area contributed by atoms with Gasteiger partial charge in [0.2, 0.25) is 0 Å². The molecule has 1 fully saturated rings. The van der Waals surface area contributed by atoms with E-state index in [0.29, 0.717) is 29.9 Å². The van der Waals surface area contributed by atoms with Crippen molar-refractivity contribution in [3.63, 3.8) is 0 Å². The topological polar surface area (TPSA) is 76.1 Å². The lowest BCUT2D eigenvalue weighted by Crippen LogP contribution is -2.36. The standard InChI is InChI=1S/C28H33NO5/c1-21(2)29(28(32)23-14-11-22(12-15-23)13-16-25-17-19-33-25)20-24-8-5-6-9-26(24)34-18-7-3-4-10-27(30)31/h5-6,8-9,11-12,14-15,21,25H,3-4,7,10,17-20H2,1-2H3,(H,30,31)/i20D. The number of nitrogens with zero attached hydrogens (tertiary/aromatic N) is 1. The summed E-state index contributed by atoms with van der Waals surface area (Å²) in [5.74, 6) is 5.68. The maximum atomic E-state index is 13.4. The summed E-state index contributed by atoms with van der Waals surface area (Å²) in [7, 11) is 0. The van der Waals surface area contributed by atoms with Crippen LogP contribution in [-0.2, 0) is 16.1 Å². The van der Waals surface area contributed by atoms with Crippen LogP contribution >= 0.6 is 0 Å². The van der Waals surface area contributed by atoms with E-state index in [2.05, 4.69) is 11.8 Å². The lowest BCUT2D eigenvalue weighted by Gasteiger charge is -2.28. The predicted octanol–water partition coefficient (Wildman–Crippen LogP) is 4.90. The largest absolute Gasteiger partial charge is 0.493 e. The molecule has 2 unspecified atom stereocenters. The van der Waals surface area contributed by atoms with Gasteiger partial charge < -0.3 is 19.5 Å². The number of hydrogen-bond acceptors (Lipinski definition) is 4. The summed E-state index contributed by atoms with van der Waals surface area (Å²) in [4.78, 5) is 25.6. The minimum Gasteiger partial charge on any atom is -0.493 e. The zero-order valence-electron chi connectivity index (χ0n) is 20.8. The third kappa shape index (κ3) is 7.64. The van der Waals surface area contributed by atoms with Crippen molar-refractivity contribution >= 4 is 11.9 Å². The minimum absolute atomic E-state index is 0.00356. The molecule has 34 heavy (non-hydrogen) atoms. The molecule has 1 N–H and O–H groups in total. The highest BCUT2D eigenvalue weighted by atomic mass is 16.5. The molecule has 0 bridgehead atoms. The molecule has 180 valence electrons. The predicted molar refractivity (Wildman–Crippen MR) is 131 cm³/mol. The number of carboxylic acid groups (broad SMARTS) is 1. The third-order valence-corrected chi connectivity index (χ3v) is 5.49. The second kappa shape index (κ2) is 12.8. The minimum atomic E-state index is -0.944. The van der Waals surface area contributed by atoms with Crippen molar-refractivity contribution in [1.82, 2.24) is 4.90 Å². The van der Waals surface area contributed by atoms with E-state index >= 15 is 0 Å². The number of amides is 1. The van der Waals surface area contributed by atoms with Crippen molar-refractivity contribution in [3.8, 4) is 17.6 Å². The molecule has 6 nitrogen and oxygen atoms in total. The molecule has 0 radical (unpaired) electrons. The van der Waals surface area contributed by atoms with E-state index < -0.39 is 12.5 Å². The fourth-order valence-corrected chi connectivity index (χ4v) is 3.41. The van der Waals surface area contributed by atoms with Gasteiger partial charge in [-0.15, -0.1) is 0 Å². The van der Waals surface area contributed by atoms with Gasteiger partial charge in [-0.05, 0) is 63.4 Å². The Morgan fingerprint density at radius 1 is 1.18 bits per heavy atom. The average molecular weight is 465 g/mol. The third-order valence-electron chi connectivity index (χ3n) is 5.49. The van der Waals surface area contributed by atoms with Gasteiger partial charge in [0.25, 0.3) is 5.91 Å². The summed E-state index contributed by atoms with van der Waals surface area (Å²) >= 11 is 0. The number of carbonyl (C=O) groups excluding carboxylic acids is 1. The van der Waals surface area contributed by atoms with Crippen molar-refractivity contribution in [3.05, 3.63) is 65.2 Å². The van der Waals surface area contributed by atoms with E-state index in [-0.39, 0.29) is 24.5 Å². The van der Waals surface area contributed by atoms with E-state index in [1.165, 1.54) is 4.90 Å². The Labute approximate surface area is 203 Å². The van der Waals surface area contributed by atoms with Gasteiger partial charge in [0.05, 0.1) is 14.6 Å². The quantitative estimate of drug-likeness (QED) is 0.378. The first-order chi connectivity index (χ1) is 16.9. The SMILES string of the molecule is [2H]C(c1ccccc1OCCCCCC(=O)O)N(C(=O)c1ccc(C#CC2CCO2)cc1)C(C)C. The summed E-state index contributed by atoms with van der Waals surface area (Å²) in [5, 5.41) is 8.74. The number of aliphatic carboxylic acids is 1. The summed E-state index contributed by atoms with van der Waals surface area (Å²) in [6.07, 6.45) is 3.19. The van der Waals surface area contributed by atoms with Crippen molar-refractivity contribution in [2.24, 2.45) is 0 Å². The van der Waals surface area contributed by atoms with Gasteiger partial charge in [0, 0.05) is 42.1 Å². The Balaban J connectivity index is 1.67. The van der Waals surface area contributed by atoms with Crippen molar-refractivity contribution in [2.75, 3.05) is 13.2 Å². The second-order valence-electron chi connectivity index (χ2n) is 8.52. The Morgan fingerprint density at radius 2 is 1.91 bits per heavy atom. The van der Waals surface area contributed by atoms with Gasteiger partial charge >= 0.3 is 5.97 Å². The van der Waals surface area contributed by atoms with Gasteiger partial charge in [-0.25, -0.2) is 0 Å². The van der Waals surface area contributed by atoms with Crippen LogP contribution in [0.3, 0.4) is 0 Å². The molecule has 0 spiro atoms. The van der Waals surface area contributed by atoms with E-state index in [1.807, 2.05) is 38.1 Å². The van der Waals surface area contributed by atoms with Crippen molar-refractivity contribution in [1.29, 1.82) is 0 Å². The van der Waals surface area contributed by atoms with Crippen molar-refractivity contribution < 1.29 is 25.5 Å². The molecule has 1 aliphatic rings. The summed E-state index contributed by atoms with van der Waals surface area (Å²) in [6, 6.07) is 14.2. The zero-order valence-corrected chi connectivity index (χ0v) is 19.8. The monoisotopic (exact) mass is 464 g/mol. The highest BCUT2D eigenvalue weighted by Crippen LogP contribution is 2.23. The normalized spacial score (nSPS) is 16.0. The fraction of sp³-hybridized carbons (Fsp3) is 0.429. The van der Waals surface area contributed by atoms with E-state index in [0.717, 1.165) is 31.4 Å². The summed E-state index contributed by atoms with van der Waals surface area (Å²) in [6.45, 7) is 4.02. The Kier molecular flexibility index (Phi) is 8.98. The molecular weight excluding hydrogens is 430 g/mol. The van der Waals surface area contributed by atoms with Crippen LogP contribution in [0.1, 0.15) is 68.8 Å². The van der Waals surface area contributed by atoms with E-state index in [1.54, 1.807) is 24.3 Å². The number of ether oxygens (including phenoxy) is 2. The van der Waals surface area contributed by atoms with E-state index in [4.69, 9.17) is 16.0 Å². The Hall–Kier alpha value is -3.30. The molecule has 2 aromatic carbocycles. The highest BCUT2D eigenvalue weighted by Gasteiger charge is 2.21. The van der Waals surface area contributed by atoms with Crippen LogP contribution in [0.2, 0.25) is 0 Å². The number of benzene rings is 2. The fourth-order valence-electron chi connectivity index (χ4n) is 3.41. The van der Waals surface area contributed by atoms with Gasteiger partial charge in [-0.3, -0.25) is 9.59 Å². The molecule has 0 aliphatic carbocycles. The number of rotatable bonds is 11. The maximum Gasteiger partial charge on any atom is 0.303 e. The Bertz CT molecular complexity index is 1050. The molecule has 1 heterocycles. The molecule has 3 rings (SSSR count). The van der Waals surface area contributed by atoms with Crippen LogP contribution in [0.15, 0.2) is 48.5 Å². The molecule has 1 saturated heterocycles. The van der Waals surface area contributed by atoms with Gasteiger partial charge in [-0.1, -0.05) is 30.0 Å². The molecule has 0 saturated carbocycles. The van der Waals surface area contributed by atoms with E-state index in [9.17, 15) is 9.59 Å². The van der Waals surface area contributed by atoms with Gasteiger partial charge in [-0.2, -0.15) is 0 Å². The number of unbranched alkanes of at least 4 members (excludes halogenated alkanes) is 2. The summed E-state index contributed by atoms with van der Waals surface area (Å²) < 4.78 is 20.2. The van der Waals surface area contributed by atoms with Crippen LogP contribution in [0.4, 0.5) is 0 Å². The van der Waals surface area contributed by atoms with Gasteiger partial charge in [0.15, 0.2) is 0 Å². The molecule has 6 heteroatoms. The first-order valence-electron chi connectivity index (χ1n) is 12.4. The number of para-hydroxylation sites is 1. The highest BCUT2D eigenvalue weighted by molar-refractivity contribution is 5.94. The van der Waals surface area contributed by atoms with Crippen LogP contribution in [0.25, 0.3) is 0 Å². The van der Waals surface area contributed by atoms with Crippen LogP contribution in [-0.4, -0.2) is 47.2 Å². The maximum absolute atomic E-state index is 13.4. The smallest absolute Gasteiger partial charge is 0.303 e.